The second kappa shape index (κ2) is 14.0. The number of nitriles is 1. The minimum Gasteiger partial charge on any atom is -0.405 e. The molecule has 0 aliphatic carbocycles. The van der Waals surface area contributed by atoms with Crippen molar-refractivity contribution in [2.45, 2.75) is 25.8 Å². The number of rotatable bonds is 7. The molecule has 2 heterocycles. The molecule has 2 atom stereocenters. The molecule has 5 nitrogen and oxygen atoms in total. The van der Waals surface area contributed by atoms with Gasteiger partial charge in [0.15, 0.2) is 0 Å². The molecule has 256 valence electrons. The molecule has 0 saturated carbocycles. The minimum absolute atomic E-state index is 0.00668. The monoisotopic (exact) mass is 685 g/mol. The second-order valence-corrected chi connectivity index (χ2v) is 13.6. The fraction of sp³-hybridized carbons (Fsp3) is 0.0833. The predicted molar refractivity (Wildman–Crippen MR) is 221 cm³/mol. The first kappa shape index (κ1) is 33.3. The third kappa shape index (κ3) is 6.01. The number of aromatic nitrogens is 1. The van der Waals surface area contributed by atoms with Crippen LogP contribution in [0.15, 0.2) is 164 Å². The molecular weight excluding hydrogens is 647 g/mol. The summed E-state index contributed by atoms with van der Waals surface area (Å²) in [5.74, 6) is 0.972. The number of hydrogen-bond acceptors (Lipinski definition) is 5. The van der Waals surface area contributed by atoms with Crippen LogP contribution in [0, 0.1) is 11.3 Å². The zero-order valence-corrected chi connectivity index (χ0v) is 29.7. The molecule has 1 aliphatic heterocycles. The SMILES string of the molecule is C/C(=C\C=C(/N)c1ccc2c(-c3ccccc3)c3ccccc3c(-c3ccccc3)c2c1)c1ccc(N2c3ccc(C#N)cc3C(C)C2/C=C\N)nc1. The van der Waals surface area contributed by atoms with Gasteiger partial charge >= 0.3 is 0 Å². The molecule has 0 radical (unpaired) electrons. The molecule has 0 spiro atoms. The Morgan fingerprint density at radius 2 is 1.34 bits per heavy atom. The van der Waals surface area contributed by atoms with Crippen LogP contribution < -0.4 is 16.4 Å². The summed E-state index contributed by atoms with van der Waals surface area (Å²) in [7, 11) is 0. The standard InChI is InChI=1S/C48H39N5/c1-31(37-20-24-46(52-30-37)53-44(25-26-49)32(2)41-27-33(29-50)18-23-45(41)53)17-22-43(51)36-19-21-40-42(28-36)48(35-13-7-4-8-14-35)39-16-10-9-15-38(39)47(40)34-11-5-3-6-12-34/h3-28,30,32,44H,49,51H2,1-2H3/b26-25-,31-17+,43-22-. The fourth-order valence-electron chi connectivity index (χ4n) is 7.78. The second-order valence-electron chi connectivity index (χ2n) is 13.6. The van der Waals surface area contributed by atoms with Gasteiger partial charge in [-0.05, 0) is 128 Å². The van der Waals surface area contributed by atoms with Gasteiger partial charge in [-0.2, -0.15) is 5.26 Å². The van der Waals surface area contributed by atoms with Crippen LogP contribution in [0.1, 0.15) is 42.0 Å². The molecule has 5 heteroatoms. The number of nitrogens with zero attached hydrogens (tertiary/aromatic N) is 3. The highest BCUT2D eigenvalue weighted by molar-refractivity contribution is 6.21. The zero-order chi connectivity index (χ0) is 36.5. The number of pyridine rings is 1. The minimum atomic E-state index is -0.00668. The van der Waals surface area contributed by atoms with E-state index in [9.17, 15) is 5.26 Å². The van der Waals surface area contributed by atoms with Crippen molar-refractivity contribution in [1.82, 2.24) is 4.98 Å². The van der Waals surface area contributed by atoms with Gasteiger partial charge in [-0.1, -0.05) is 110 Å². The highest BCUT2D eigenvalue weighted by Gasteiger charge is 2.36. The summed E-state index contributed by atoms with van der Waals surface area (Å²) >= 11 is 0. The number of nitrogens with two attached hydrogens (primary N) is 2. The van der Waals surface area contributed by atoms with Crippen LogP contribution in [0.3, 0.4) is 0 Å². The van der Waals surface area contributed by atoms with Gasteiger partial charge < -0.3 is 16.4 Å². The molecule has 8 rings (SSSR count). The molecule has 1 aliphatic rings. The summed E-state index contributed by atoms with van der Waals surface area (Å²) < 4.78 is 0. The summed E-state index contributed by atoms with van der Waals surface area (Å²) in [5, 5.41) is 14.3. The Bertz CT molecular complexity index is 2610. The molecule has 53 heavy (non-hydrogen) atoms. The summed E-state index contributed by atoms with van der Waals surface area (Å²) in [5.41, 5.74) is 24.0. The molecular formula is C48H39N5. The zero-order valence-electron chi connectivity index (χ0n) is 29.7. The van der Waals surface area contributed by atoms with Crippen molar-refractivity contribution < 1.29 is 0 Å². The van der Waals surface area contributed by atoms with E-state index in [1.807, 2.05) is 42.6 Å². The van der Waals surface area contributed by atoms with Gasteiger partial charge in [0.05, 0.1) is 17.7 Å². The topological polar surface area (TPSA) is 92.0 Å². The van der Waals surface area contributed by atoms with Crippen molar-refractivity contribution >= 4 is 44.3 Å². The molecule has 6 aromatic carbocycles. The average molecular weight is 686 g/mol. The van der Waals surface area contributed by atoms with Gasteiger partial charge in [0, 0.05) is 23.5 Å². The molecule has 4 N–H and O–H groups in total. The Hall–Kier alpha value is -6.90. The van der Waals surface area contributed by atoms with Crippen LogP contribution >= 0.6 is 0 Å². The molecule has 2 unspecified atom stereocenters. The number of anilines is 2. The molecule has 7 aromatic rings. The van der Waals surface area contributed by atoms with E-state index in [2.05, 4.69) is 140 Å². The lowest BCUT2D eigenvalue weighted by Gasteiger charge is -2.26. The quantitative estimate of drug-likeness (QED) is 0.129. The maximum atomic E-state index is 9.49. The van der Waals surface area contributed by atoms with Crippen molar-refractivity contribution in [3.8, 4) is 28.3 Å². The smallest absolute Gasteiger partial charge is 0.133 e. The van der Waals surface area contributed by atoms with E-state index in [0.29, 0.717) is 11.3 Å². The van der Waals surface area contributed by atoms with Crippen LogP contribution in [-0.2, 0) is 0 Å². The lowest BCUT2D eigenvalue weighted by Crippen LogP contribution is -2.28. The van der Waals surface area contributed by atoms with Crippen LogP contribution in [0.4, 0.5) is 11.5 Å². The predicted octanol–water partition coefficient (Wildman–Crippen LogP) is 11.1. The van der Waals surface area contributed by atoms with Crippen molar-refractivity contribution in [1.29, 1.82) is 5.26 Å². The van der Waals surface area contributed by atoms with Gasteiger partial charge in [-0.15, -0.1) is 0 Å². The van der Waals surface area contributed by atoms with Gasteiger partial charge in [-0.25, -0.2) is 4.98 Å². The summed E-state index contributed by atoms with van der Waals surface area (Å²) in [6.45, 7) is 4.23. The largest absolute Gasteiger partial charge is 0.405 e. The number of allylic oxidation sites excluding steroid dienone is 3. The van der Waals surface area contributed by atoms with Crippen LogP contribution in [0.25, 0.3) is 55.1 Å². The van der Waals surface area contributed by atoms with Crippen LogP contribution in [-0.4, -0.2) is 11.0 Å². The van der Waals surface area contributed by atoms with Crippen molar-refractivity contribution in [3.63, 3.8) is 0 Å². The molecule has 0 bridgehead atoms. The normalized spacial score (nSPS) is 16.0. The van der Waals surface area contributed by atoms with E-state index < -0.39 is 0 Å². The lowest BCUT2D eigenvalue weighted by atomic mass is 9.85. The van der Waals surface area contributed by atoms with E-state index >= 15 is 0 Å². The Balaban J connectivity index is 1.16. The number of benzene rings is 6. The van der Waals surface area contributed by atoms with Gasteiger partial charge in [0.25, 0.3) is 0 Å². The first-order valence-electron chi connectivity index (χ1n) is 17.9. The van der Waals surface area contributed by atoms with Crippen molar-refractivity contribution in [3.05, 3.63) is 186 Å². The number of hydrogen-bond donors (Lipinski definition) is 2. The van der Waals surface area contributed by atoms with E-state index in [0.717, 1.165) is 39.2 Å². The maximum Gasteiger partial charge on any atom is 0.133 e. The average Bonchev–Trinajstić information content (AvgIpc) is 3.49. The third-order valence-corrected chi connectivity index (χ3v) is 10.5. The first-order valence-corrected chi connectivity index (χ1v) is 17.9. The highest BCUT2D eigenvalue weighted by atomic mass is 15.2. The Morgan fingerprint density at radius 3 is 1.96 bits per heavy atom. The first-order chi connectivity index (χ1) is 26.0. The summed E-state index contributed by atoms with van der Waals surface area (Å²) in [4.78, 5) is 7.10. The van der Waals surface area contributed by atoms with Crippen LogP contribution in [0.2, 0.25) is 0 Å². The maximum absolute atomic E-state index is 9.49. The van der Waals surface area contributed by atoms with Crippen LogP contribution in [0.5, 0.6) is 0 Å². The Labute approximate surface area is 310 Å². The van der Waals surface area contributed by atoms with E-state index in [-0.39, 0.29) is 12.0 Å². The Kier molecular flexibility index (Phi) is 8.80. The summed E-state index contributed by atoms with van der Waals surface area (Å²) in [6, 6.07) is 48.8. The number of fused-ring (bicyclic) bond motifs is 3. The van der Waals surface area contributed by atoms with E-state index in [1.54, 1.807) is 6.20 Å². The van der Waals surface area contributed by atoms with Gasteiger partial charge in [0.2, 0.25) is 0 Å². The molecule has 0 amide bonds. The van der Waals surface area contributed by atoms with Crippen molar-refractivity contribution in [2.75, 3.05) is 4.90 Å². The Morgan fingerprint density at radius 1 is 0.717 bits per heavy atom. The molecule has 0 saturated heterocycles. The lowest BCUT2D eigenvalue weighted by molar-refractivity contribution is 0.690. The van der Waals surface area contributed by atoms with E-state index in [1.165, 1.54) is 38.4 Å². The summed E-state index contributed by atoms with van der Waals surface area (Å²) in [6.07, 6.45) is 9.52. The van der Waals surface area contributed by atoms with Gasteiger partial charge in [0.1, 0.15) is 5.82 Å². The third-order valence-electron chi connectivity index (χ3n) is 10.5. The highest BCUT2D eigenvalue weighted by Crippen LogP contribution is 2.46. The molecule has 0 fully saturated rings. The molecule has 1 aromatic heterocycles. The van der Waals surface area contributed by atoms with E-state index in [4.69, 9.17) is 16.5 Å². The van der Waals surface area contributed by atoms with Crippen molar-refractivity contribution in [2.24, 2.45) is 11.5 Å². The fourth-order valence-corrected chi connectivity index (χ4v) is 7.78. The van der Waals surface area contributed by atoms with Gasteiger partial charge in [-0.3, -0.25) is 0 Å².